The first kappa shape index (κ1) is 20.6. The molecule has 0 spiro atoms. The largest absolute Gasteiger partial charge is 0.478 e. The molecule has 5 rings (SSSR count). The lowest BCUT2D eigenvalue weighted by atomic mass is 10.0. The van der Waals surface area contributed by atoms with E-state index in [0.29, 0.717) is 6.54 Å². The maximum absolute atomic E-state index is 11.3. The molecule has 1 aromatic carbocycles. The highest BCUT2D eigenvalue weighted by atomic mass is 16.5. The average molecular weight is 438 g/mol. The summed E-state index contributed by atoms with van der Waals surface area (Å²) in [5, 5.41) is 13.3. The summed E-state index contributed by atoms with van der Waals surface area (Å²) >= 11 is 0. The lowest BCUT2D eigenvalue weighted by Gasteiger charge is -2.07. The zero-order chi connectivity index (χ0) is 23.1. The van der Waals surface area contributed by atoms with Gasteiger partial charge in [0.05, 0.1) is 34.5 Å². The molecular formula is C26H22N4O3. The van der Waals surface area contributed by atoms with Gasteiger partial charge >= 0.3 is 5.97 Å². The molecule has 0 atom stereocenters. The van der Waals surface area contributed by atoms with Crippen molar-refractivity contribution in [3.05, 3.63) is 89.3 Å². The number of hydrogen-bond acceptors (Lipinski definition) is 5. The van der Waals surface area contributed by atoms with Crippen molar-refractivity contribution < 1.29 is 14.4 Å². The highest BCUT2D eigenvalue weighted by Crippen LogP contribution is 2.34. The number of fused-ring (bicyclic) bond motifs is 1. The average Bonchev–Trinajstić information content (AvgIpc) is 3.34. The molecule has 0 amide bonds. The summed E-state index contributed by atoms with van der Waals surface area (Å²) in [6, 6.07) is 13.0. The van der Waals surface area contributed by atoms with Gasteiger partial charge in [-0.05, 0) is 56.2 Å². The molecule has 7 heteroatoms. The van der Waals surface area contributed by atoms with Gasteiger partial charge in [0.25, 0.3) is 0 Å². The van der Waals surface area contributed by atoms with Crippen LogP contribution in [0.5, 0.6) is 0 Å². The van der Waals surface area contributed by atoms with Crippen molar-refractivity contribution in [1.29, 1.82) is 0 Å². The highest BCUT2D eigenvalue weighted by Gasteiger charge is 2.17. The Hall–Kier alpha value is -4.26. The van der Waals surface area contributed by atoms with Crippen molar-refractivity contribution in [2.45, 2.75) is 27.3 Å². The van der Waals surface area contributed by atoms with Gasteiger partial charge in [0.2, 0.25) is 0 Å². The summed E-state index contributed by atoms with van der Waals surface area (Å²) in [7, 11) is 0. The number of aromatic carboxylic acids is 1. The van der Waals surface area contributed by atoms with E-state index in [1.807, 2.05) is 63.6 Å². The van der Waals surface area contributed by atoms with Crippen LogP contribution in [0.15, 0.2) is 65.6 Å². The second-order valence-corrected chi connectivity index (χ2v) is 8.17. The third kappa shape index (κ3) is 3.78. The van der Waals surface area contributed by atoms with Crippen molar-refractivity contribution >= 4 is 17.0 Å². The fraction of sp³-hybridized carbons (Fsp3) is 0.154. The lowest BCUT2D eigenvalue weighted by molar-refractivity contribution is 0.0697. The minimum Gasteiger partial charge on any atom is -0.478 e. The van der Waals surface area contributed by atoms with Crippen LogP contribution in [0.25, 0.3) is 33.3 Å². The molecule has 0 aliphatic heterocycles. The number of pyridine rings is 2. The molecule has 5 aromatic rings. The molecule has 7 nitrogen and oxygen atoms in total. The fourth-order valence-corrected chi connectivity index (χ4v) is 4.10. The molecular weight excluding hydrogens is 416 g/mol. The monoisotopic (exact) mass is 438 g/mol. The molecule has 0 saturated carbocycles. The van der Waals surface area contributed by atoms with E-state index in [4.69, 9.17) is 9.51 Å². The van der Waals surface area contributed by atoms with Gasteiger partial charge in [-0.2, -0.15) is 0 Å². The van der Waals surface area contributed by atoms with Crippen molar-refractivity contribution in [3.63, 3.8) is 0 Å². The van der Waals surface area contributed by atoms with E-state index >= 15 is 0 Å². The molecule has 164 valence electrons. The van der Waals surface area contributed by atoms with Gasteiger partial charge in [-0.1, -0.05) is 23.4 Å². The number of aryl methyl sites for hydroxylation is 3. The summed E-state index contributed by atoms with van der Waals surface area (Å²) in [6.07, 6.45) is 5.74. The number of carboxylic acids is 1. The van der Waals surface area contributed by atoms with E-state index in [-0.39, 0.29) is 5.56 Å². The van der Waals surface area contributed by atoms with Crippen LogP contribution in [0.1, 0.15) is 33.1 Å². The summed E-state index contributed by atoms with van der Waals surface area (Å²) in [4.78, 5) is 20.6. The number of aromatic nitrogens is 4. The predicted octanol–water partition coefficient (Wildman–Crippen LogP) is 5.43. The summed E-state index contributed by atoms with van der Waals surface area (Å²) in [5.74, 6) is -0.201. The maximum Gasteiger partial charge on any atom is 0.335 e. The highest BCUT2D eigenvalue weighted by molar-refractivity contribution is 5.96. The van der Waals surface area contributed by atoms with Crippen LogP contribution < -0.4 is 0 Å². The van der Waals surface area contributed by atoms with Gasteiger partial charge in [0.1, 0.15) is 5.76 Å². The number of carbonyl (C=O) groups is 1. The lowest BCUT2D eigenvalue weighted by Crippen LogP contribution is -2.00. The van der Waals surface area contributed by atoms with Crippen LogP contribution >= 0.6 is 0 Å². The van der Waals surface area contributed by atoms with Crippen molar-refractivity contribution in [1.82, 2.24) is 19.7 Å². The van der Waals surface area contributed by atoms with Crippen molar-refractivity contribution in [3.8, 4) is 22.3 Å². The summed E-state index contributed by atoms with van der Waals surface area (Å²) in [6.45, 7) is 6.40. The second kappa shape index (κ2) is 8.02. The SMILES string of the molecule is Cc1ccc(Cn2cc(-c3ccc(C(=O)O)cc3)c3ncc(-c4c(C)noc4C)cc32)nc1. The number of carboxylic acid groups (broad SMARTS) is 1. The topological polar surface area (TPSA) is 94.0 Å². The van der Waals surface area contributed by atoms with Crippen LogP contribution in [0.4, 0.5) is 0 Å². The van der Waals surface area contributed by atoms with E-state index in [2.05, 4.69) is 20.8 Å². The third-order valence-corrected chi connectivity index (χ3v) is 5.79. The van der Waals surface area contributed by atoms with Crippen molar-refractivity contribution in [2.75, 3.05) is 0 Å². The third-order valence-electron chi connectivity index (χ3n) is 5.79. The van der Waals surface area contributed by atoms with E-state index in [9.17, 15) is 9.90 Å². The van der Waals surface area contributed by atoms with Crippen LogP contribution in [0, 0.1) is 20.8 Å². The van der Waals surface area contributed by atoms with Gasteiger partial charge in [-0.25, -0.2) is 4.79 Å². The van der Waals surface area contributed by atoms with E-state index in [0.717, 1.165) is 56.0 Å². The molecule has 1 N–H and O–H groups in total. The smallest absolute Gasteiger partial charge is 0.335 e. The molecule has 4 heterocycles. The van der Waals surface area contributed by atoms with Crippen LogP contribution in [-0.2, 0) is 6.54 Å². The Kier molecular flexibility index (Phi) is 5.01. The standard InChI is InChI=1S/C26H22N4O3/c1-15-4-9-21(27-11-15)13-30-14-22(18-5-7-19(8-6-18)26(31)32)25-23(30)10-20(12-28-25)24-16(2)29-33-17(24)3/h4-12,14H,13H2,1-3H3,(H,31,32). The van der Waals surface area contributed by atoms with Gasteiger partial charge in [-0.15, -0.1) is 0 Å². The number of rotatable bonds is 5. The minimum atomic E-state index is -0.948. The molecule has 0 radical (unpaired) electrons. The summed E-state index contributed by atoms with van der Waals surface area (Å²) < 4.78 is 7.49. The zero-order valence-corrected chi connectivity index (χ0v) is 18.5. The van der Waals surface area contributed by atoms with E-state index in [1.54, 1.807) is 12.1 Å². The Labute approximate surface area is 190 Å². The number of benzene rings is 1. The molecule has 0 aliphatic carbocycles. The predicted molar refractivity (Wildman–Crippen MR) is 125 cm³/mol. The molecule has 0 bridgehead atoms. The quantitative estimate of drug-likeness (QED) is 0.393. The number of hydrogen-bond donors (Lipinski definition) is 1. The Morgan fingerprint density at radius 3 is 2.42 bits per heavy atom. The first-order valence-electron chi connectivity index (χ1n) is 10.6. The summed E-state index contributed by atoms with van der Waals surface area (Å²) in [5.41, 5.74) is 8.60. The number of nitrogens with zero attached hydrogens (tertiary/aromatic N) is 4. The first-order chi connectivity index (χ1) is 15.9. The first-order valence-corrected chi connectivity index (χ1v) is 10.6. The fourth-order valence-electron chi connectivity index (χ4n) is 4.10. The molecule has 0 fully saturated rings. The Balaban J connectivity index is 1.67. The van der Waals surface area contributed by atoms with Gasteiger partial charge in [-0.3, -0.25) is 9.97 Å². The van der Waals surface area contributed by atoms with Crippen LogP contribution in [-0.4, -0.2) is 30.8 Å². The van der Waals surface area contributed by atoms with E-state index < -0.39 is 5.97 Å². The molecule has 4 aromatic heterocycles. The van der Waals surface area contributed by atoms with Gasteiger partial charge in [0.15, 0.2) is 0 Å². The maximum atomic E-state index is 11.3. The van der Waals surface area contributed by atoms with Gasteiger partial charge < -0.3 is 14.2 Å². The van der Waals surface area contributed by atoms with Gasteiger partial charge in [0, 0.05) is 35.3 Å². The minimum absolute atomic E-state index is 0.250. The van der Waals surface area contributed by atoms with Crippen LogP contribution in [0.2, 0.25) is 0 Å². The van der Waals surface area contributed by atoms with Crippen LogP contribution in [0.3, 0.4) is 0 Å². The molecule has 33 heavy (non-hydrogen) atoms. The molecule has 0 aliphatic rings. The van der Waals surface area contributed by atoms with E-state index in [1.165, 1.54) is 0 Å². The normalized spacial score (nSPS) is 11.2. The molecule has 0 saturated heterocycles. The Bertz CT molecular complexity index is 1460. The zero-order valence-electron chi connectivity index (χ0n) is 18.5. The Morgan fingerprint density at radius 1 is 1.00 bits per heavy atom. The molecule has 0 unspecified atom stereocenters. The van der Waals surface area contributed by atoms with Crippen molar-refractivity contribution in [2.24, 2.45) is 0 Å². The Morgan fingerprint density at radius 2 is 1.79 bits per heavy atom. The second-order valence-electron chi connectivity index (χ2n) is 8.17.